The Morgan fingerprint density at radius 1 is 1.32 bits per heavy atom. The molecule has 0 saturated carbocycles. The van der Waals surface area contributed by atoms with Gasteiger partial charge in [0.05, 0.1) is 18.2 Å². The highest BCUT2D eigenvalue weighted by atomic mass is 31.2. The highest BCUT2D eigenvalue weighted by Crippen LogP contribution is 2.47. The fourth-order valence-corrected chi connectivity index (χ4v) is 5.45. The molecule has 184 valence electrons. The van der Waals surface area contributed by atoms with Crippen LogP contribution in [0.1, 0.15) is 39.7 Å². The fraction of sp³-hybridized carbons (Fsp3) is 0.435. The van der Waals surface area contributed by atoms with Gasteiger partial charge in [0.2, 0.25) is 0 Å². The summed E-state index contributed by atoms with van der Waals surface area (Å²) >= 11 is 0. The van der Waals surface area contributed by atoms with Gasteiger partial charge in [0.1, 0.15) is 24.0 Å². The second-order valence-electron chi connectivity index (χ2n) is 8.05. The third kappa shape index (κ3) is 6.34. The summed E-state index contributed by atoms with van der Waals surface area (Å²) in [6, 6.07) is 9.06. The third-order valence-corrected chi connectivity index (χ3v) is 7.29. The number of hydrogen-bond acceptors (Lipinski definition) is 8. The van der Waals surface area contributed by atoms with Gasteiger partial charge in [0, 0.05) is 12.6 Å². The quantitative estimate of drug-likeness (QED) is 0.276. The Morgan fingerprint density at radius 2 is 2.06 bits per heavy atom. The number of carbonyl (C=O) groups excluding carboxylic acids is 1. The Kier molecular flexibility index (Phi) is 8.30. The van der Waals surface area contributed by atoms with E-state index in [1.54, 1.807) is 50.4 Å². The molecule has 0 amide bonds. The van der Waals surface area contributed by atoms with Crippen LogP contribution in [-0.2, 0) is 18.8 Å². The molecule has 1 aliphatic carbocycles. The summed E-state index contributed by atoms with van der Waals surface area (Å²) in [4.78, 5) is 28.2. The lowest BCUT2D eigenvalue weighted by molar-refractivity contribution is -0.144. The Labute approximate surface area is 198 Å². The average molecular weight is 490 g/mol. The smallest absolute Gasteiger partial charge is 0.350 e. The second kappa shape index (κ2) is 11.0. The van der Waals surface area contributed by atoms with Crippen LogP contribution in [0.15, 0.2) is 59.5 Å². The molecule has 0 fully saturated rings. The van der Waals surface area contributed by atoms with Crippen LogP contribution in [0.2, 0.25) is 0 Å². The number of nitrogen functional groups attached to an aromatic ring is 1. The van der Waals surface area contributed by atoms with Crippen molar-refractivity contribution in [2.75, 3.05) is 18.7 Å². The molecular formula is C23H31N4O6P. The molecule has 0 bridgehead atoms. The minimum absolute atomic E-state index is 0.155. The van der Waals surface area contributed by atoms with Crippen molar-refractivity contribution in [3.05, 3.63) is 65.2 Å². The number of nitrogens with zero attached hydrogens (tertiary/aromatic N) is 2. The van der Waals surface area contributed by atoms with Crippen LogP contribution in [0.4, 0.5) is 5.82 Å². The topological polar surface area (TPSA) is 135 Å². The van der Waals surface area contributed by atoms with Crippen molar-refractivity contribution in [1.82, 2.24) is 14.6 Å². The minimum atomic E-state index is -3.70. The number of nitrogens with two attached hydrogens (primary N) is 1. The van der Waals surface area contributed by atoms with Crippen molar-refractivity contribution in [3.8, 4) is 5.75 Å². The van der Waals surface area contributed by atoms with Crippen LogP contribution >= 0.6 is 7.52 Å². The highest BCUT2D eigenvalue weighted by Gasteiger charge is 2.39. The van der Waals surface area contributed by atoms with Gasteiger partial charge in [-0.3, -0.25) is 13.9 Å². The van der Waals surface area contributed by atoms with Gasteiger partial charge in [-0.25, -0.2) is 9.88 Å². The van der Waals surface area contributed by atoms with E-state index >= 15 is 0 Å². The van der Waals surface area contributed by atoms with E-state index in [0.717, 1.165) is 0 Å². The first-order valence-corrected chi connectivity index (χ1v) is 13.0. The lowest BCUT2D eigenvalue weighted by atomic mass is 9.99. The zero-order valence-corrected chi connectivity index (χ0v) is 20.4. The fourth-order valence-electron chi connectivity index (χ4n) is 3.69. The summed E-state index contributed by atoms with van der Waals surface area (Å²) in [5.41, 5.74) is 4.36. The number of para-hydroxylation sites is 1. The van der Waals surface area contributed by atoms with Crippen LogP contribution < -0.4 is 21.0 Å². The summed E-state index contributed by atoms with van der Waals surface area (Å²) in [7, 11) is -3.70. The molecule has 3 rings (SSSR count). The highest BCUT2D eigenvalue weighted by molar-refractivity contribution is 7.57. The van der Waals surface area contributed by atoms with Gasteiger partial charge in [-0.05, 0) is 38.5 Å². The molecule has 0 radical (unpaired) electrons. The second-order valence-corrected chi connectivity index (χ2v) is 10.1. The monoisotopic (exact) mass is 490 g/mol. The number of rotatable bonds is 11. The molecule has 1 aromatic carbocycles. The Balaban J connectivity index is 1.77. The molecule has 0 aliphatic heterocycles. The summed E-state index contributed by atoms with van der Waals surface area (Å²) < 4.78 is 32.3. The number of ether oxygens (including phenoxy) is 2. The summed E-state index contributed by atoms with van der Waals surface area (Å²) in [5.74, 6) is -0.00875. The lowest BCUT2D eigenvalue weighted by Crippen LogP contribution is -2.37. The van der Waals surface area contributed by atoms with E-state index in [1.165, 1.54) is 4.57 Å². The average Bonchev–Trinajstić information content (AvgIpc) is 3.23. The van der Waals surface area contributed by atoms with E-state index in [4.69, 9.17) is 19.7 Å². The van der Waals surface area contributed by atoms with Gasteiger partial charge in [0.15, 0.2) is 0 Å². The first-order chi connectivity index (χ1) is 16.2. The summed E-state index contributed by atoms with van der Waals surface area (Å²) in [6.07, 6.45) is 6.02. The van der Waals surface area contributed by atoms with E-state index in [9.17, 15) is 14.2 Å². The van der Waals surface area contributed by atoms with Gasteiger partial charge in [0.25, 0.3) is 0 Å². The van der Waals surface area contributed by atoms with Crippen molar-refractivity contribution in [1.29, 1.82) is 0 Å². The molecule has 1 aliphatic rings. The maximum atomic E-state index is 13.8. The van der Waals surface area contributed by atoms with Crippen molar-refractivity contribution >= 4 is 19.3 Å². The maximum absolute atomic E-state index is 13.8. The van der Waals surface area contributed by atoms with Gasteiger partial charge in [-0.15, -0.1) is 0 Å². The number of carbonyl (C=O) groups is 1. The Bertz CT molecular complexity index is 1120. The molecule has 11 heteroatoms. The summed E-state index contributed by atoms with van der Waals surface area (Å²) in [6.45, 7) is 5.40. The van der Waals surface area contributed by atoms with E-state index in [0.29, 0.717) is 18.6 Å². The van der Waals surface area contributed by atoms with Crippen LogP contribution in [0.3, 0.4) is 0 Å². The van der Waals surface area contributed by atoms with Crippen molar-refractivity contribution in [2.24, 2.45) is 0 Å². The first-order valence-electron chi connectivity index (χ1n) is 11.2. The van der Waals surface area contributed by atoms with Gasteiger partial charge in [-0.1, -0.05) is 37.3 Å². The molecule has 1 heterocycles. The molecular weight excluding hydrogens is 459 g/mol. The molecule has 1 aromatic heterocycles. The van der Waals surface area contributed by atoms with Gasteiger partial charge >= 0.3 is 19.2 Å². The number of esters is 1. The number of anilines is 1. The Hall–Kier alpha value is -2.94. The molecule has 2 aromatic rings. The normalized spacial score (nSPS) is 22.1. The number of aromatic nitrogens is 2. The minimum Gasteiger partial charge on any atom is -0.465 e. The largest absolute Gasteiger partial charge is 0.465 e. The molecule has 10 nitrogen and oxygen atoms in total. The van der Waals surface area contributed by atoms with Gasteiger partial charge in [-0.2, -0.15) is 4.98 Å². The van der Waals surface area contributed by atoms with Crippen LogP contribution in [-0.4, -0.2) is 40.1 Å². The number of nitrogens with one attached hydrogen (secondary N) is 1. The van der Waals surface area contributed by atoms with E-state index < -0.39 is 30.8 Å². The van der Waals surface area contributed by atoms with Crippen LogP contribution in [0.5, 0.6) is 5.75 Å². The summed E-state index contributed by atoms with van der Waals surface area (Å²) in [5, 5.41) is 2.78. The van der Waals surface area contributed by atoms with Crippen molar-refractivity contribution in [2.45, 2.75) is 51.3 Å². The number of hydrogen-bond donors (Lipinski definition) is 2. The zero-order chi connectivity index (χ0) is 24.8. The molecule has 0 spiro atoms. The Morgan fingerprint density at radius 3 is 2.71 bits per heavy atom. The van der Waals surface area contributed by atoms with Gasteiger partial charge < -0.3 is 19.7 Å². The van der Waals surface area contributed by atoms with Crippen LogP contribution in [0, 0.1) is 0 Å². The van der Waals surface area contributed by atoms with Crippen molar-refractivity contribution in [3.63, 3.8) is 0 Å². The molecule has 4 atom stereocenters. The first kappa shape index (κ1) is 25.7. The van der Waals surface area contributed by atoms with Crippen molar-refractivity contribution < 1.29 is 23.4 Å². The SMILES string of the molecule is CCOC(=O)[C@H](C)NP(=O)(CO[C@]1(CC)C=C[C@H](n2ccc(N)nc2=O)C1)Oc1ccccc1. The standard InChI is InChI=1S/C23H31N4O6P/c1-4-23(13-11-18(15-23)27-14-12-20(24)25-22(27)29)32-16-34(30,26-17(3)21(28)31-5-2)33-19-9-7-6-8-10-19/h6-14,17-18H,4-5,15-16H2,1-3H3,(H,26,30)(H2,24,25,29)/t17-,18-,23+,34?/m0/s1. The predicted molar refractivity (Wildman–Crippen MR) is 129 cm³/mol. The predicted octanol–water partition coefficient (Wildman–Crippen LogP) is 3.26. The molecule has 0 saturated heterocycles. The maximum Gasteiger partial charge on any atom is 0.350 e. The molecule has 34 heavy (non-hydrogen) atoms. The number of benzene rings is 1. The van der Waals surface area contributed by atoms with E-state index in [-0.39, 0.29) is 24.8 Å². The van der Waals surface area contributed by atoms with Crippen LogP contribution in [0.25, 0.3) is 0 Å². The third-order valence-electron chi connectivity index (χ3n) is 5.53. The van der Waals surface area contributed by atoms with E-state index in [2.05, 4.69) is 10.1 Å². The number of allylic oxidation sites excluding steroid dienone is 1. The van der Waals surface area contributed by atoms with E-state index in [1.807, 2.05) is 25.1 Å². The molecule has 3 N–H and O–H groups in total. The zero-order valence-electron chi connectivity index (χ0n) is 19.5. The molecule has 1 unspecified atom stereocenters. The lowest BCUT2D eigenvalue weighted by Gasteiger charge is -2.31.